The maximum atomic E-state index is 11.3. The fourth-order valence-corrected chi connectivity index (χ4v) is 1.41. The number of oxazole rings is 1. The lowest BCUT2D eigenvalue weighted by Gasteiger charge is -2.03. The molecule has 19 heavy (non-hydrogen) atoms. The van der Waals surface area contributed by atoms with E-state index in [1.165, 1.54) is 13.3 Å². The number of methoxy groups -OCH3 is 1. The SMILES string of the molecule is CCc1cnc(CNc2ccnc(C(=O)OC)n2)o1. The smallest absolute Gasteiger partial charge is 0.376 e. The monoisotopic (exact) mass is 262 g/mol. The Morgan fingerprint density at radius 3 is 3.00 bits per heavy atom. The highest BCUT2D eigenvalue weighted by Crippen LogP contribution is 2.08. The molecule has 7 nitrogen and oxygen atoms in total. The van der Waals surface area contributed by atoms with Crippen molar-refractivity contribution in [3.05, 3.63) is 35.9 Å². The van der Waals surface area contributed by atoms with Gasteiger partial charge in [0, 0.05) is 12.6 Å². The van der Waals surface area contributed by atoms with E-state index in [9.17, 15) is 4.79 Å². The third kappa shape index (κ3) is 3.27. The summed E-state index contributed by atoms with van der Waals surface area (Å²) in [7, 11) is 1.28. The van der Waals surface area contributed by atoms with Gasteiger partial charge in [0.1, 0.15) is 11.6 Å². The number of anilines is 1. The molecule has 0 aliphatic carbocycles. The number of aryl methyl sites for hydroxylation is 1. The predicted molar refractivity (Wildman–Crippen MR) is 66.6 cm³/mol. The van der Waals surface area contributed by atoms with Gasteiger partial charge < -0.3 is 14.5 Å². The van der Waals surface area contributed by atoms with Gasteiger partial charge in [0.15, 0.2) is 0 Å². The first-order valence-electron chi connectivity index (χ1n) is 5.81. The summed E-state index contributed by atoms with van der Waals surface area (Å²) in [6.07, 6.45) is 3.97. The number of hydrogen-bond donors (Lipinski definition) is 1. The Morgan fingerprint density at radius 2 is 2.32 bits per heavy atom. The van der Waals surface area contributed by atoms with Crippen molar-refractivity contribution in [2.75, 3.05) is 12.4 Å². The zero-order chi connectivity index (χ0) is 13.7. The molecule has 0 fully saturated rings. The second-order valence-electron chi connectivity index (χ2n) is 3.68. The number of carbonyl (C=O) groups is 1. The summed E-state index contributed by atoms with van der Waals surface area (Å²) in [5.74, 6) is 1.33. The molecule has 0 saturated heterocycles. The molecular formula is C12H14N4O3. The van der Waals surface area contributed by atoms with Crippen molar-refractivity contribution in [3.63, 3.8) is 0 Å². The predicted octanol–water partition coefficient (Wildman–Crippen LogP) is 1.43. The summed E-state index contributed by atoms with van der Waals surface area (Å²) in [4.78, 5) is 23.2. The van der Waals surface area contributed by atoms with Crippen molar-refractivity contribution >= 4 is 11.8 Å². The Morgan fingerprint density at radius 1 is 1.47 bits per heavy atom. The molecule has 0 atom stereocenters. The first-order valence-corrected chi connectivity index (χ1v) is 5.81. The molecule has 7 heteroatoms. The molecule has 1 N–H and O–H groups in total. The van der Waals surface area contributed by atoms with Gasteiger partial charge >= 0.3 is 5.97 Å². The van der Waals surface area contributed by atoms with Gasteiger partial charge in [0.25, 0.3) is 0 Å². The van der Waals surface area contributed by atoms with E-state index in [-0.39, 0.29) is 5.82 Å². The number of ether oxygens (including phenoxy) is 1. The highest BCUT2D eigenvalue weighted by atomic mass is 16.5. The van der Waals surface area contributed by atoms with E-state index in [2.05, 4.69) is 25.0 Å². The molecule has 2 heterocycles. The summed E-state index contributed by atoms with van der Waals surface area (Å²) in [5.41, 5.74) is 0. The van der Waals surface area contributed by atoms with E-state index in [4.69, 9.17) is 4.42 Å². The average Bonchev–Trinajstić information content (AvgIpc) is 2.92. The van der Waals surface area contributed by atoms with Gasteiger partial charge in [-0.1, -0.05) is 6.92 Å². The molecule has 0 aliphatic heterocycles. The molecular weight excluding hydrogens is 248 g/mol. The molecule has 2 aromatic heterocycles. The quantitative estimate of drug-likeness (QED) is 0.815. The van der Waals surface area contributed by atoms with E-state index in [0.29, 0.717) is 18.3 Å². The number of nitrogens with one attached hydrogen (secondary N) is 1. The van der Waals surface area contributed by atoms with Crippen LogP contribution in [0.15, 0.2) is 22.9 Å². The maximum absolute atomic E-state index is 11.3. The summed E-state index contributed by atoms with van der Waals surface area (Å²) in [6.45, 7) is 2.38. The number of hydrogen-bond acceptors (Lipinski definition) is 7. The number of nitrogens with zero attached hydrogens (tertiary/aromatic N) is 3. The molecule has 0 aromatic carbocycles. The lowest BCUT2D eigenvalue weighted by molar-refractivity contribution is 0.0587. The lowest BCUT2D eigenvalue weighted by Crippen LogP contribution is -2.09. The van der Waals surface area contributed by atoms with Gasteiger partial charge in [-0.2, -0.15) is 0 Å². The van der Waals surface area contributed by atoms with Gasteiger partial charge in [0.2, 0.25) is 11.7 Å². The number of esters is 1. The van der Waals surface area contributed by atoms with Crippen molar-refractivity contribution < 1.29 is 13.9 Å². The molecule has 0 bridgehead atoms. The summed E-state index contributed by atoms with van der Waals surface area (Å²) < 4.78 is 9.99. The topological polar surface area (TPSA) is 90.1 Å². The van der Waals surface area contributed by atoms with Crippen molar-refractivity contribution in [2.45, 2.75) is 19.9 Å². The first kappa shape index (κ1) is 13.0. The van der Waals surface area contributed by atoms with Gasteiger partial charge in [-0.15, -0.1) is 0 Å². The van der Waals surface area contributed by atoms with Crippen LogP contribution in [-0.2, 0) is 17.7 Å². The molecule has 0 saturated carbocycles. The van der Waals surface area contributed by atoms with Crippen molar-refractivity contribution in [3.8, 4) is 0 Å². The van der Waals surface area contributed by atoms with Crippen LogP contribution >= 0.6 is 0 Å². The van der Waals surface area contributed by atoms with Gasteiger partial charge in [-0.3, -0.25) is 0 Å². The van der Waals surface area contributed by atoms with Crippen LogP contribution in [0.25, 0.3) is 0 Å². The number of carbonyl (C=O) groups excluding carboxylic acids is 1. The van der Waals surface area contributed by atoms with Crippen molar-refractivity contribution in [2.24, 2.45) is 0 Å². The molecule has 0 unspecified atom stereocenters. The van der Waals surface area contributed by atoms with Crippen LogP contribution in [0.1, 0.15) is 29.2 Å². The van der Waals surface area contributed by atoms with Crippen molar-refractivity contribution in [1.29, 1.82) is 0 Å². The maximum Gasteiger partial charge on any atom is 0.376 e. The Kier molecular flexibility index (Phi) is 4.07. The summed E-state index contributed by atoms with van der Waals surface area (Å²) >= 11 is 0. The van der Waals surface area contributed by atoms with E-state index in [1.807, 2.05) is 6.92 Å². The fraction of sp³-hybridized carbons (Fsp3) is 0.333. The average molecular weight is 262 g/mol. The minimum absolute atomic E-state index is 0.00847. The van der Waals surface area contributed by atoms with Crippen molar-refractivity contribution in [1.82, 2.24) is 15.0 Å². The molecule has 0 aliphatic rings. The Bertz CT molecular complexity index is 568. The largest absolute Gasteiger partial charge is 0.463 e. The Balaban J connectivity index is 2.01. The molecule has 0 amide bonds. The molecule has 2 aromatic rings. The van der Waals surface area contributed by atoms with Gasteiger partial charge in [0.05, 0.1) is 19.9 Å². The van der Waals surface area contributed by atoms with Crippen LogP contribution in [0.2, 0.25) is 0 Å². The molecule has 2 rings (SSSR count). The normalized spacial score (nSPS) is 10.2. The van der Waals surface area contributed by atoms with E-state index in [0.717, 1.165) is 12.2 Å². The third-order valence-corrected chi connectivity index (χ3v) is 2.39. The number of rotatable bonds is 5. The Hall–Kier alpha value is -2.44. The molecule has 100 valence electrons. The van der Waals surface area contributed by atoms with E-state index >= 15 is 0 Å². The van der Waals surface area contributed by atoms with E-state index in [1.54, 1.807) is 12.3 Å². The Labute approximate surface area is 110 Å². The zero-order valence-corrected chi connectivity index (χ0v) is 10.7. The number of aromatic nitrogens is 3. The minimum atomic E-state index is -0.576. The summed E-state index contributed by atoms with van der Waals surface area (Å²) in [5, 5.41) is 3.00. The van der Waals surface area contributed by atoms with Gasteiger partial charge in [-0.05, 0) is 6.07 Å². The van der Waals surface area contributed by atoms with Crippen LogP contribution in [0, 0.1) is 0 Å². The second-order valence-corrected chi connectivity index (χ2v) is 3.68. The molecule has 0 spiro atoms. The second kappa shape index (κ2) is 5.94. The van der Waals surface area contributed by atoms with Crippen LogP contribution in [-0.4, -0.2) is 28.0 Å². The standard InChI is InChI=1S/C12H14N4O3/c1-3-8-6-15-10(19-8)7-14-9-4-5-13-11(16-9)12(17)18-2/h4-6H,3,7H2,1-2H3,(H,13,14,16). The molecule has 0 radical (unpaired) electrons. The van der Waals surface area contributed by atoms with Gasteiger partial charge in [-0.25, -0.2) is 19.7 Å². The van der Waals surface area contributed by atoms with Crippen LogP contribution in [0.4, 0.5) is 5.82 Å². The van der Waals surface area contributed by atoms with Crippen LogP contribution < -0.4 is 5.32 Å². The van der Waals surface area contributed by atoms with Crippen LogP contribution in [0.3, 0.4) is 0 Å². The minimum Gasteiger partial charge on any atom is -0.463 e. The third-order valence-electron chi connectivity index (χ3n) is 2.39. The fourth-order valence-electron chi connectivity index (χ4n) is 1.41. The highest BCUT2D eigenvalue weighted by Gasteiger charge is 2.10. The lowest BCUT2D eigenvalue weighted by atomic mass is 10.4. The van der Waals surface area contributed by atoms with E-state index < -0.39 is 5.97 Å². The summed E-state index contributed by atoms with van der Waals surface area (Å²) in [6, 6.07) is 1.65. The first-order chi connectivity index (χ1) is 9.22. The highest BCUT2D eigenvalue weighted by molar-refractivity contribution is 5.85. The zero-order valence-electron chi connectivity index (χ0n) is 10.7. The van der Waals surface area contributed by atoms with Crippen LogP contribution in [0.5, 0.6) is 0 Å².